The summed E-state index contributed by atoms with van der Waals surface area (Å²) in [7, 11) is 0. The second-order valence-electron chi connectivity index (χ2n) is 5.83. The number of phenols is 1. The Hall–Kier alpha value is -2.29. The fourth-order valence-electron chi connectivity index (χ4n) is 1.87. The molecule has 2 rings (SSSR count). The van der Waals surface area contributed by atoms with E-state index >= 15 is 0 Å². The second kappa shape index (κ2) is 5.37. The Kier molecular flexibility index (Phi) is 3.79. The van der Waals surface area contributed by atoms with Gasteiger partial charge >= 0.3 is 0 Å². The van der Waals surface area contributed by atoms with E-state index in [1.165, 1.54) is 17.7 Å². The molecule has 0 fully saturated rings. The molecule has 2 aromatic rings. The van der Waals surface area contributed by atoms with E-state index in [4.69, 9.17) is 0 Å². The molecule has 0 aliphatic rings. The van der Waals surface area contributed by atoms with Gasteiger partial charge in [0.05, 0.1) is 0 Å². The van der Waals surface area contributed by atoms with Crippen molar-refractivity contribution in [3.05, 3.63) is 59.7 Å². The topological polar surface area (TPSA) is 49.3 Å². The Morgan fingerprint density at radius 1 is 0.950 bits per heavy atom. The number of carbonyl (C=O) groups is 1. The number of amides is 1. The van der Waals surface area contributed by atoms with Crippen molar-refractivity contribution in [3.8, 4) is 5.75 Å². The standard InChI is InChI=1S/C17H19NO2/c1-17(2,3)13-6-8-14(9-7-13)18-16(20)12-4-10-15(19)11-5-12/h4-11,19H,1-3H3,(H,18,20). The van der Waals surface area contributed by atoms with Gasteiger partial charge in [-0.05, 0) is 47.4 Å². The van der Waals surface area contributed by atoms with Crippen LogP contribution < -0.4 is 5.32 Å². The summed E-state index contributed by atoms with van der Waals surface area (Å²) in [5.41, 5.74) is 2.60. The molecule has 20 heavy (non-hydrogen) atoms. The van der Waals surface area contributed by atoms with Crippen LogP contribution in [0.1, 0.15) is 36.7 Å². The van der Waals surface area contributed by atoms with E-state index in [0.29, 0.717) is 5.56 Å². The summed E-state index contributed by atoms with van der Waals surface area (Å²) in [5.74, 6) is -0.0374. The number of phenolic OH excluding ortho intramolecular Hbond substituents is 1. The van der Waals surface area contributed by atoms with Crippen LogP contribution in [-0.2, 0) is 5.41 Å². The van der Waals surface area contributed by atoms with E-state index in [9.17, 15) is 9.90 Å². The van der Waals surface area contributed by atoms with Crippen LogP contribution >= 0.6 is 0 Å². The van der Waals surface area contributed by atoms with Gasteiger partial charge in [-0.3, -0.25) is 4.79 Å². The van der Waals surface area contributed by atoms with Crippen molar-refractivity contribution < 1.29 is 9.90 Å². The molecule has 0 heterocycles. The smallest absolute Gasteiger partial charge is 0.255 e. The third kappa shape index (κ3) is 3.38. The van der Waals surface area contributed by atoms with E-state index in [2.05, 4.69) is 26.1 Å². The molecule has 0 aromatic heterocycles. The SMILES string of the molecule is CC(C)(C)c1ccc(NC(=O)c2ccc(O)cc2)cc1. The molecule has 0 radical (unpaired) electrons. The van der Waals surface area contributed by atoms with Gasteiger partial charge in [0, 0.05) is 11.3 Å². The molecular weight excluding hydrogens is 250 g/mol. The van der Waals surface area contributed by atoms with Gasteiger partial charge in [-0.15, -0.1) is 0 Å². The van der Waals surface area contributed by atoms with Gasteiger partial charge in [-0.1, -0.05) is 32.9 Å². The molecule has 0 atom stereocenters. The summed E-state index contributed by atoms with van der Waals surface area (Å²) in [6, 6.07) is 14.0. The first-order chi connectivity index (χ1) is 9.36. The highest BCUT2D eigenvalue weighted by Gasteiger charge is 2.13. The lowest BCUT2D eigenvalue weighted by Gasteiger charge is -2.19. The molecule has 0 spiro atoms. The molecule has 0 aliphatic heterocycles. The first-order valence-corrected chi connectivity index (χ1v) is 6.57. The van der Waals surface area contributed by atoms with Crippen molar-refractivity contribution in [1.29, 1.82) is 0 Å². The quantitative estimate of drug-likeness (QED) is 0.867. The van der Waals surface area contributed by atoms with E-state index in [0.717, 1.165) is 5.69 Å². The van der Waals surface area contributed by atoms with Crippen LogP contribution in [0.4, 0.5) is 5.69 Å². The normalized spacial score (nSPS) is 11.2. The zero-order valence-electron chi connectivity index (χ0n) is 12.0. The largest absolute Gasteiger partial charge is 0.508 e. The Bertz CT molecular complexity index is 592. The first-order valence-electron chi connectivity index (χ1n) is 6.57. The van der Waals surface area contributed by atoms with Crippen molar-refractivity contribution in [2.75, 3.05) is 5.32 Å². The van der Waals surface area contributed by atoms with Gasteiger partial charge in [0.2, 0.25) is 0 Å². The average Bonchev–Trinajstić information content (AvgIpc) is 2.39. The summed E-state index contributed by atoms with van der Waals surface area (Å²) < 4.78 is 0. The predicted octanol–water partition coefficient (Wildman–Crippen LogP) is 3.94. The monoisotopic (exact) mass is 269 g/mol. The number of carbonyl (C=O) groups excluding carboxylic acids is 1. The summed E-state index contributed by atoms with van der Waals surface area (Å²) >= 11 is 0. The maximum Gasteiger partial charge on any atom is 0.255 e. The Morgan fingerprint density at radius 3 is 2.00 bits per heavy atom. The minimum atomic E-state index is -0.187. The second-order valence-corrected chi connectivity index (χ2v) is 5.83. The fraction of sp³-hybridized carbons (Fsp3) is 0.235. The maximum absolute atomic E-state index is 12.0. The minimum Gasteiger partial charge on any atom is -0.508 e. The van der Waals surface area contributed by atoms with Gasteiger partial charge in [-0.2, -0.15) is 0 Å². The van der Waals surface area contributed by atoms with Crippen molar-refractivity contribution in [1.82, 2.24) is 0 Å². The highest BCUT2D eigenvalue weighted by Crippen LogP contribution is 2.23. The number of hydrogen-bond acceptors (Lipinski definition) is 2. The molecule has 2 N–H and O–H groups in total. The van der Waals surface area contributed by atoms with E-state index < -0.39 is 0 Å². The molecule has 0 unspecified atom stereocenters. The molecule has 3 nitrogen and oxygen atoms in total. The van der Waals surface area contributed by atoms with Crippen LogP contribution in [0, 0.1) is 0 Å². The van der Waals surface area contributed by atoms with Crippen molar-refractivity contribution in [2.45, 2.75) is 26.2 Å². The minimum absolute atomic E-state index is 0.0967. The van der Waals surface area contributed by atoms with E-state index in [-0.39, 0.29) is 17.1 Å². The van der Waals surface area contributed by atoms with Crippen LogP contribution in [0.2, 0.25) is 0 Å². The molecule has 0 saturated heterocycles. The average molecular weight is 269 g/mol. The lowest BCUT2D eigenvalue weighted by Crippen LogP contribution is -2.13. The van der Waals surface area contributed by atoms with Gasteiger partial charge < -0.3 is 10.4 Å². The third-order valence-corrected chi connectivity index (χ3v) is 3.14. The van der Waals surface area contributed by atoms with Gasteiger partial charge in [0.25, 0.3) is 5.91 Å². The van der Waals surface area contributed by atoms with Crippen molar-refractivity contribution in [3.63, 3.8) is 0 Å². The maximum atomic E-state index is 12.0. The van der Waals surface area contributed by atoms with Gasteiger partial charge in [-0.25, -0.2) is 0 Å². The highest BCUT2D eigenvalue weighted by atomic mass is 16.3. The summed E-state index contributed by atoms with van der Waals surface area (Å²) in [6.45, 7) is 6.45. The number of aromatic hydroxyl groups is 1. The van der Waals surface area contributed by atoms with Crippen LogP contribution in [0.3, 0.4) is 0 Å². The van der Waals surface area contributed by atoms with Crippen molar-refractivity contribution >= 4 is 11.6 Å². The lowest BCUT2D eigenvalue weighted by molar-refractivity contribution is 0.102. The third-order valence-electron chi connectivity index (χ3n) is 3.14. The number of nitrogens with one attached hydrogen (secondary N) is 1. The molecule has 2 aromatic carbocycles. The zero-order valence-corrected chi connectivity index (χ0v) is 12.0. The molecule has 0 saturated carbocycles. The molecular formula is C17H19NO2. The summed E-state index contributed by atoms with van der Waals surface area (Å²) in [4.78, 5) is 12.0. The van der Waals surface area contributed by atoms with Crippen LogP contribution in [-0.4, -0.2) is 11.0 Å². The molecule has 104 valence electrons. The van der Waals surface area contributed by atoms with E-state index in [1.807, 2.05) is 24.3 Å². The molecule has 3 heteroatoms. The van der Waals surface area contributed by atoms with Gasteiger partial charge in [0.15, 0.2) is 0 Å². The van der Waals surface area contributed by atoms with Gasteiger partial charge in [0.1, 0.15) is 5.75 Å². The van der Waals surface area contributed by atoms with Crippen molar-refractivity contribution in [2.24, 2.45) is 0 Å². The first kappa shape index (κ1) is 14.1. The fourth-order valence-corrected chi connectivity index (χ4v) is 1.87. The summed E-state index contributed by atoms with van der Waals surface area (Å²) in [6.07, 6.45) is 0. The number of rotatable bonds is 2. The summed E-state index contributed by atoms with van der Waals surface area (Å²) in [5, 5.41) is 12.0. The molecule has 0 bridgehead atoms. The lowest BCUT2D eigenvalue weighted by atomic mass is 9.87. The molecule has 1 amide bonds. The highest BCUT2D eigenvalue weighted by molar-refractivity contribution is 6.04. The number of anilines is 1. The van der Waals surface area contributed by atoms with Crippen LogP contribution in [0.15, 0.2) is 48.5 Å². The predicted molar refractivity (Wildman–Crippen MR) is 81.2 cm³/mol. The Morgan fingerprint density at radius 2 is 1.50 bits per heavy atom. The van der Waals surface area contributed by atoms with Crippen LogP contribution in [0.25, 0.3) is 0 Å². The van der Waals surface area contributed by atoms with Crippen LogP contribution in [0.5, 0.6) is 5.75 Å². The number of hydrogen-bond donors (Lipinski definition) is 2. The number of benzene rings is 2. The molecule has 0 aliphatic carbocycles. The Balaban J connectivity index is 2.10. The Labute approximate surface area is 119 Å². The zero-order chi connectivity index (χ0) is 14.8. The van der Waals surface area contributed by atoms with E-state index in [1.54, 1.807) is 12.1 Å².